The summed E-state index contributed by atoms with van der Waals surface area (Å²) in [5.41, 5.74) is 2.72. The van der Waals surface area contributed by atoms with E-state index < -0.39 is 27.7 Å². The van der Waals surface area contributed by atoms with Gasteiger partial charge in [0.15, 0.2) is 0 Å². The number of methoxy groups -OCH3 is 1. The maximum atomic E-state index is 13.4. The van der Waals surface area contributed by atoms with Gasteiger partial charge in [0, 0.05) is 17.5 Å². The lowest BCUT2D eigenvalue weighted by Crippen LogP contribution is -2.44. The zero-order valence-corrected chi connectivity index (χ0v) is 23.2. The first kappa shape index (κ1) is 27.8. The fourth-order valence-corrected chi connectivity index (χ4v) is 5.58. The van der Waals surface area contributed by atoms with E-state index in [0.717, 1.165) is 16.7 Å². The van der Waals surface area contributed by atoms with Crippen LogP contribution >= 0.6 is 0 Å². The quantitative estimate of drug-likeness (QED) is 0.146. The molecular weight excluding hydrogens is 542 g/mol. The topological polar surface area (TPSA) is 112 Å². The molecule has 1 atom stereocenters. The molecule has 0 radical (unpaired) electrons. The van der Waals surface area contributed by atoms with E-state index in [4.69, 9.17) is 13.9 Å². The molecule has 8 nitrogen and oxygen atoms in total. The first-order valence-corrected chi connectivity index (χ1v) is 14.3. The fourth-order valence-electron chi connectivity index (χ4n) is 4.40. The Hall–Kier alpha value is -4.73. The van der Waals surface area contributed by atoms with Crippen LogP contribution in [0.25, 0.3) is 22.1 Å². The van der Waals surface area contributed by atoms with Crippen molar-refractivity contribution in [2.24, 2.45) is 0 Å². The summed E-state index contributed by atoms with van der Waals surface area (Å²) in [4.78, 5) is 25.8. The van der Waals surface area contributed by atoms with Crippen molar-refractivity contribution in [2.75, 3.05) is 7.11 Å². The van der Waals surface area contributed by atoms with Crippen LogP contribution in [0.1, 0.15) is 11.1 Å². The molecule has 0 unspecified atom stereocenters. The number of carbonyl (C=O) groups is 1. The molecule has 0 aliphatic rings. The molecule has 208 valence electrons. The van der Waals surface area contributed by atoms with Gasteiger partial charge in [0.1, 0.15) is 23.1 Å². The maximum absolute atomic E-state index is 13.4. The molecule has 1 aromatic heterocycles. The standard InChI is InChI=1S/C32H27NO7S/c1-21-8-15-26(16-9-21)41(36,37)33-29(18-22-6-4-3-5-7-22)32(35)39-25-14-17-27-28(20-31(34)40-30(27)19-25)23-10-12-24(38-2)13-11-23/h3-17,19-20,29,33H,18H2,1-2H3/t29-/m1/s1. The van der Waals surface area contributed by atoms with E-state index in [1.807, 2.05) is 25.1 Å². The van der Waals surface area contributed by atoms with Gasteiger partial charge in [-0.25, -0.2) is 18.0 Å². The molecule has 0 bridgehead atoms. The first-order valence-electron chi connectivity index (χ1n) is 12.8. The Morgan fingerprint density at radius 2 is 1.56 bits per heavy atom. The maximum Gasteiger partial charge on any atom is 0.336 e. The number of nitrogens with one attached hydrogen (secondary N) is 1. The second kappa shape index (κ2) is 11.8. The van der Waals surface area contributed by atoms with Gasteiger partial charge in [0.05, 0.1) is 12.0 Å². The zero-order chi connectivity index (χ0) is 29.0. The molecule has 1 N–H and O–H groups in total. The summed E-state index contributed by atoms with van der Waals surface area (Å²) in [7, 11) is -2.46. The average Bonchev–Trinajstić information content (AvgIpc) is 2.97. The van der Waals surface area contributed by atoms with Crippen molar-refractivity contribution >= 4 is 27.0 Å². The summed E-state index contributed by atoms with van der Waals surface area (Å²) in [6.45, 7) is 1.85. The van der Waals surface area contributed by atoms with Gasteiger partial charge in [0.25, 0.3) is 0 Å². The molecule has 4 aromatic carbocycles. The van der Waals surface area contributed by atoms with Crippen LogP contribution in [0.2, 0.25) is 0 Å². The summed E-state index contributed by atoms with van der Waals surface area (Å²) < 4.78 is 45.1. The number of ether oxygens (including phenoxy) is 2. The Balaban J connectivity index is 1.44. The number of aryl methyl sites for hydroxylation is 1. The van der Waals surface area contributed by atoms with Crippen molar-refractivity contribution in [1.82, 2.24) is 4.72 Å². The number of rotatable bonds is 9. The number of hydrogen-bond donors (Lipinski definition) is 1. The van der Waals surface area contributed by atoms with Crippen molar-refractivity contribution in [3.63, 3.8) is 0 Å². The highest BCUT2D eigenvalue weighted by Crippen LogP contribution is 2.31. The Labute approximate surface area is 237 Å². The Kier molecular flexibility index (Phi) is 8.00. The number of esters is 1. The normalized spacial score (nSPS) is 12.1. The Morgan fingerprint density at radius 3 is 2.24 bits per heavy atom. The molecule has 5 aromatic rings. The van der Waals surface area contributed by atoms with Gasteiger partial charge in [-0.05, 0) is 66.4 Å². The molecule has 0 amide bonds. The predicted molar refractivity (Wildman–Crippen MR) is 156 cm³/mol. The third-order valence-corrected chi connectivity index (χ3v) is 8.02. The molecule has 0 spiro atoms. The van der Waals surface area contributed by atoms with Crippen molar-refractivity contribution in [2.45, 2.75) is 24.3 Å². The number of fused-ring (bicyclic) bond motifs is 1. The summed E-state index contributed by atoms with van der Waals surface area (Å²) >= 11 is 0. The van der Waals surface area contributed by atoms with E-state index in [-0.39, 0.29) is 22.6 Å². The Morgan fingerprint density at radius 1 is 0.878 bits per heavy atom. The molecule has 0 aliphatic heterocycles. The highest BCUT2D eigenvalue weighted by atomic mass is 32.2. The SMILES string of the molecule is COc1ccc(-c2cc(=O)oc3cc(OC(=O)[C@@H](Cc4ccccc4)NS(=O)(=O)c4ccc(C)cc4)ccc23)cc1. The van der Waals surface area contributed by atoms with Crippen molar-refractivity contribution in [3.8, 4) is 22.6 Å². The molecule has 0 fully saturated rings. The largest absolute Gasteiger partial charge is 0.497 e. The molecule has 5 rings (SSSR count). The zero-order valence-electron chi connectivity index (χ0n) is 22.4. The minimum Gasteiger partial charge on any atom is -0.497 e. The minimum atomic E-state index is -4.03. The van der Waals surface area contributed by atoms with Crippen LogP contribution in [0, 0.1) is 6.92 Å². The molecule has 0 saturated heterocycles. The summed E-state index contributed by atoms with van der Waals surface area (Å²) in [5, 5.41) is 0.635. The van der Waals surface area contributed by atoms with Gasteiger partial charge in [-0.2, -0.15) is 4.72 Å². The predicted octanol–water partition coefficient (Wildman–Crippen LogP) is 5.27. The van der Waals surface area contributed by atoms with E-state index in [0.29, 0.717) is 16.7 Å². The number of hydrogen-bond acceptors (Lipinski definition) is 7. The van der Waals surface area contributed by atoms with Crippen LogP contribution in [0.3, 0.4) is 0 Å². The van der Waals surface area contributed by atoms with Gasteiger partial charge >= 0.3 is 11.6 Å². The highest BCUT2D eigenvalue weighted by Gasteiger charge is 2.28. The molecule has 9 heteroatoms. The summed E-state index contributed by atoms with van der Waals surface area (Å²) in [6.07, 6.45) is 0.0645. The fraction of sp³-hybridized carbons (Fsp3) is 0.125. The lowest BCUT2D eigenvalue weighted by Gasteiger charge is -2.18. The first-order chi connectivity index (χ1) is 19.7. The van der Waals surface area contributed by atoms with Gasteiger partial charge in [-0.15, -0.1) is 0 Å². The summed E-state index contributed by atoms with van der Waals surface area (Å²) in [6, 6.07) is 27.5. The molecule has 1 heterocycles. The minimum absolute atomic E-state index is 0.0347. The summed E-state index contributed by atoms with van der Waals surface area (Å²) in [5.74, 6) is -0.0269. The number of carbonyl (C=O) groups excluding carboxylic acids is 1. The van der Waals surface area contributed by atoms with Crippen molar-refractivity contribution < 1.29 is 27.1 Å². The van der Waals surface area contributed by atoms with Crippen LogP contribution in [0.5, 0.6) is 11.5 Å². The second-order valence-corrected chi connectivity index (χ2v) is 11.2. The van der Waals surface area contributed by atoms with Crippen LogP contribution < -0.4 is 19.8 Å². The van der Waals surface area contributed by atoms with Gasteiger partial charge in [-0.3, -0.25) is 0 Å². The van der Waals surface area contributed by atoms with Gasteiger partial charge in [-0.1, -0.05) is 60.2 Å². The van der Waals surface area contributed by atoms with Crippen molar-refractivity contribution in [3.05, 3.63) is 125 Å². The molecule has 0 saturated carbocycles. The van der Waals surface area contributed by atoms with E-state index in [1.54, 1.807) is 67.8 Å². The van der Waals surface area contributed by atoms with E-state index in [1.165, 1.54) is 24.3 Å². The molecular formula is C32H27NO7S. The Bertz CT molecular complexity index is 1850. The number of sulfonamides is 1. The highest BCUT2D eigenvalue weighted by molar-refractivity contribution is 7.89. The molecule has 41 heavy (non-hydrogen) atoms. The monoisotopic (exact) mass is 569 g/mol. The molecule has 0 aliphatic carbocycles. The van der Waals surface area contributed by atoms with E-state index in [9.17, 15) is 18.0 Å². The van der Waals surface area contributed by atoms with Crippen molar-refractivity contribution in [1.29, 1.82) is 0 Å². The third-order valence-electron chi connectivity index (χ3n) is 6.53. The lowest BCUT2D eigenvalue weighted by molar-refractivity contribution is -0.136. The smallest absolute Gasteiger partial charge is 0.336 e. The van der Waals surface area contributed by atoms with Crippen LogP contribution in [-0.2, 0) is 21.2 Å². The van der Waals surface area contributed by atoms with E-state index >= 15 is 0 Å². The van der Waals surface area contributed by atoms with Crippen LogP contribution in [0.15, 0.2) is 117 Å². The lowest BCUT2D eigenvalue weighted by atomic mass is 10.0. The number of benzene rings is 4. The average molecular weight is 570 g/mol. The van der Waals surface area contributed by atoms with Gasteiger partial charge < -0.3 is 13.9 Å². The van der Waals surface area contributed by atoms with E-state index in [2.05, 4.69) is 4.72 Å². The van der Waals surface area contributed by atoms with Crippen LogP contribution in [0.4, 0.5) is 0 Å². The third kappa shape index (κ3) is 6.54. The van der Waals surface area contributed by atoms with Gasteiger partial charge in [0.2, 0.25) is 10.0 Å². The van der Waals surface area contributed by atoms with Crippen LogP contribution in [-0.4, -0.2) is 27.5 Å². The second-order valence-electron chi connectivity index (χ2n) is 9.46.